The van der Waals surface area contributed by atoms with Gasteiger partial charge in [-0.1, -0.05) is 0 Å². The molecule has 0 fully saturated rings. The van der Waals surface area contributed by atoms with E-state index in [1.807, 2.05) is 13.8 Å². The predicted octanol–water partition coefficient (Wildman–Crippen LogP) is 1.31. The summed E-state index contributed by atoms with van der Waals surface area (Å²) in [4.78, 5) is 14.9. The smallest absolute Gasteiger partial charge is 0.326 e. The third-order valence-electron chi connectivity index (χ3n) is 2.47. The van der Waals surface area contributed by atoms with Crippen molar-refractivity contribution in [3.8, 4) is 0 Å². The summed E-state index contributed by atoms with van der Waals surface area (Å²) in [5.41, 5.74) is 8.39. The molecule has 18 heavy (non-hydrogen) atoms. The van der Waals surface area contributed by atoms with Crippen LogP contribution in [0.15, 0.2) is 5.38 Å². The Labute approximate surface area is 107 Å². The minimum absolute atomic E-state index is 0.341. The summed E-state index contributed by atoms with van der Waals surface area (Å²) in [6, 6.07) is -1.09. The molecule has 2 aromatic heterocycles. The van der Waals surface area contributed by atoms with E-state index in [1.165, 1.54) is 11.3 Å². The topological polar surface area (TPSA) is 117 Å². The van der Waals surface area contributed by atoms with Crippen LogP contribution in [0.2, 0.25) is 0 Å². The maximum Gasteiger partial charge on any atom is 0.326 e. The number of nitrogens with one attached hydrogen (secondary N) is 2. The number of carboxylic acids is 1. The lowest BCUT2D eigenvalue weighted by molar-refractivity contribution is -0.138. The van der Waals surface area contributed by atoms with Crippen LogP contribution in [-0.4, -0.2) is 26.3 Å². The number of nitrogens with two attached hydrogens (primary N) is 1. The van der Waals surface area contributed by atoms with E-state index in [1.54, 1.807) is 5.38 Å². The zero-order valence-electron chi connectivity index (χ0n) is 9.89. The van der Waals surface area contributed by atoms with E-state index in [0.29, 0.717) is 10.8 Å². The lowest BCUT2D eigenvalue weighted by Crippen LogP contribution is -2.20. The molecule has 5 N–H and O–H groups in total. The molecular weight excluding hydrogens is 254 g/mol. The standard InChI is InChI=1S/C10H13N5O2S/c1-4-8(5(2)15-14-4)13-10-12-6(3-18-10)7(11)9(16)17/h3,7H,11H2,1-2H3,(H,12,13)(H,14,15)(H,16,17). The molecule has 0 saturated heterocycles. The molecule has 7 nitrogen and oxygen atoms in total. The van der Waals surface area contributed by atoms with E-state index in [0.717, 1.165) is 17.1 Å². The highest BCUT2D eigenvalue weighted by molar-refractivity contribution is 7.13. The summed E-state index contributed by atoms with van der Waals surface area (Å²) in [5, 5.41) is 21.0. The van der Waals surface area contributed by atoms with Crippen LogP contribution in [0.4, 0.5) is 10.8 Å². The van der Waals surface area contributed by atoms with Crippen LogP contribution in [0.5, 0.6) is 0 Å². The second-order valence-electron chi connectivity index (χ2n) is 3.83. The average molecular weight is 267 g/mol. The molecule has 0 saturated carbocycles. The third kappa shape index (κ3) is 2.34. The van der Waals surface area contributed by atoms with Crippen molar-refractivity contribution in [2.45, 2.75) is 19.9 Å². The van der Waals surface area contributed by atoms with Gasteiger partial charge in [0.05, 0.1) is 22.8 Å². The number of aromatic amines is 1. The number of H-pyrrole nitrogens is 1. The molecule has 0 aromatic carbocycles. The van der Waals surface area contributed by atoms with Gasteiger partial charge in [0.1, 0.15) is 6.04 Å². The monoisotopic (exact) mass is 267 g/mol. The first-order chi connectivity index (χ1) is 8.49. The first-order valence-corrected chi connectivity index (χ1v) is 6.09. The maximum atomic E-state index is 10.7. The van der Waals surface area contributed by atoms with Crippen molar-refractivity contribution in [1.29, 1.82) is 0 Å². The molecule has 0 aliphatic heterocycles. The minimum atomic E-state index is -1.09. The van der Waals surface area contributed by atoms with Crippen LogP contribution >= 0.6 is 11.3 Å². The number of nitrogens with zero attached hydrogens (tertiary/aromatic N) is 2. The van der Waals surface area contributed by atoms with Crippen LogP contribution in [0.25, 0.3) is 0 Å². The van der Waals surface area contributed by atoms with Crippen molar-refractivity contribution < 1.29 is 9.90 Å². The number of carboxylic acid groups (broad SMARTS) is 1. The second-order valence-corrected chi connectivity index (χ2v) is 4.69. The number of anilines is 2. The Kier molecular flexibility index (Phi) is 3.30. The van der Waals surface area contributed by atoms with Crippen molar-refractivity contribution >= 4 is 28.1 Å². The Morgan fingerprint density at radius 2 is 2.33 bits per heavy atom. The Hall–Kier alpha value is -1.93. The maximum absolute atomic E-state index is 10.7. The molecule has 96 valence electrons. The molecule has 0 amide bonds. The highest BCUT2D eigenvalue weighted by atomic mass is 32.1. The number of aryl methyl sites for hydroxylation is 2. The molecule has 0 bridgehead atoms. The number of hydrogen-bond donors (Lipinski definition) is 4. The summed E-state index contributed by atoms with van der Waals surface area (Å²) < 4.78 is 0. The van der Waals surface area contributed by atoms with E-state index in [-0.39, 0.29) is 0 Å². The zero-order chi connectivity index (χ0) is 13.3. The fraction of sp³-hybridized carbons (Fsp3) is 0.300. The van der Waals surface area contributed by atoms with Crippen molar-refractivity contribution in [3.63, 3.8) is 0 Å². The first-order valence-electron chi connectivity index (χ1n) is 5.21. The number of aromatic nitrogens is 3. The van der Waals surface area contributed by atoms with E-state index in [4.69, 9.17) is 10.8 Å². The van der Waals surface area contributed by atoms with Crippen molar-refractivity contribution in [2.24, 2.45) is 5.73 Å². The molecule has 8 heteroatoms. The molecule has 1 unspecified atom stereocenters. The van der Waals surface area contributed by atoms with Gasteiger partial charge in [0.25, 0.3) is 0 Å². The van der Waals surface area contributed by atoms with Crippen molar-refractivity contribution in [3.05, 3.63) is 22.5 Å². The zero-order valence-corrected chi connectivity index (χ0v) is 10.7. The lowest BCUT2D eigenvalue weighted by Gasteiger charge is -2.03. The largest absolute Gasteiger partial charge is 0.480 e. The van der Waals surface area contributed by atoms with Crippen molar-refractivity contribution in [2.75, 3.05) is 5.32 Å². The molecule has 0 radical (unpaired) electrons. The second kappa shape index (κ2) is 4.75. The molecule has 2 rings (SSSR count). The molecule has 2 aromatic rings. The fourth-order valence-corrected chi connectivity index (χ4v) is 2.21. The van der Waals surface area contributed by atoms with Gasteiger partial charge in [0, 0.05) is 5.38 Å². The fourth-order valence-electron chi connectivity index (χ4n) is 1.45. The van der Waals surface area contributed by atoms with Crippen LogP contribution < -0.4 is 11.1 Å². The van der Waals surface area contributed by atoms with Gasteiger partial charge < -0.3 is 16.2 Å². The van der Waals surface area contributed by atoms with E-state index in [9.17, 15) is 4.79 Å². The summed E-state index contributed by atoms with van der Waals surface area (Å²) in [6.45, 7) is 3.75. The van der Waals surface area contributed by atoms with Gasteiger partial charge in [-0.25, -0.2) is 4.98 Å². The molecular formula is C10H13N5O2S. The summed E-state index contributed by atoms with van der Waals surface area (Å²) in [7, 11) is 0. The SMILES string of the molecule is Cc1n[nH]c(C)c1Nc1nc(C(N)C(=O)O)cs1. The van der Waals surface area contributed by atoms with Gasteiger partial charge in [-0.15, -0.1) is 11.3 Å². The molecule has 0 aliphatic carbocycles. The number of thiazole rings is 1. The van der Waals surface area contributed by atoms with Crippen molar-refractivity contribution in [1.82, 2.24) is 15.2 Å². The quantitative estimate of drug-likeness (QED) is 0.663. The van der Waals surface area contributed by atoms with Crippen LogP contribution in [0.3, 0.4) is 0 Å². The molecule has 2 heterocycles. The van der Waals surface area contributed by atoms with Gasteiger partial charge in [-0.05, 0) is 13.8 Å². The van der Waals surface area contributed by atoms with Crippen LogP contribution in [0.1, 0.15) is 23.1 Å². The molecule has 0 aliphatic rings. The van der Waals surface area contributed by atoms with Gasteiger partial charge in [0.15, 0.2) is 5.13 Å². The van der Waals surface area contributed by atoms with E-state index >= 15 is 0 Å². The van der Waals surface area contributed by atoms with Gasteiger partial charge in [-0.2, -0.15) is 5.10 Å². The van der Waals surface area contributed by atoms with Crippen LogP contribution in [0, 0.1) is 13.8 Å². The Balaban J connectivity index is 2.19. The summed E-state index contributed by atoms with van der Waals surface area (Å²) in [5.74, 6) is -1.09. The van der Waals surface area contributed by atoms with E-state index in [2.05, 4.69) is 20.5 Å². The highest BCUT2D eigenvalue weighted by Crippen LogP contribution is 2.26. The Morgan fingerprint density at radius 1 is 1.61 bits per heavy atom. The molecule has 1 atom stereocenters. The minimum Gasteiger partial charge on any atom is -0.480 e. The summed E-state index contributed by atoms with van der Waals surface area (Å²) in [6.07, 6.45) is 0. The predicted molar refractivity (Wildman–Crippen MR) is 68.0 cm³/mol. The highest BCUT2D eigenvalue weighted by Gasteiger charge is 2.18. The van der Waals surface area contributed by atoms with Crippen LogP contribution in [-0.2, 0) is 4.79 Å². The van der Waals surface area contributed by atoms with Gasteiger partial charge in [0.2, 0.25) is 0 Å². The normalized spacial score (nSPS) is 12.4. The number of rotatable bonds is 4. The number of aliphatic carboxylic acids is 1. The number of hydrogen-bond acceptors (Lipinski definition) is 6. The first kappa shape index (κ1) is 12.5. The molecule has 0 spiro atoms. The third-order valence-corrected chi connectivity index (χ3v) is 3.24. The average Bonchev–Trinajstić information content (AvgIpc) is 2.90. The lowest BCUT2D eigenvalue weighted by atomic mass is 10.2. The van der Waals surface area contributed by atoms with E-state index < -0.39 is 12.0 Å². The van der Waals surface area contributed by atoms with Gasteiger partial charge in [-0.3, -0.25) is 9.89 Å². The Bertz CT molecular complexity index is 557. The summed E-state index contributed by atoms with van der Waals surface area (Å²) >= 11 is 1.30. The number of carbonyl (C=O) groups is 1. The van der Waals surface area contributed by atoms with Gasteiger partial charge >= 0.3 is 5.97 Å². The Morgan fingerprint density at radius 3 is 2.89 bits per heavy atom.